The van der Waals surface area contributed by atoms with Crippen LogP contribution in [0.2, 0.25) is 5.02 Å². The molecule has 1 heterocycles. The molecule has 2 aromatic carbocycles. The summed E-state index contributed by atoms with van der Waals surface area (Å²) in [5, 5.41) is -0.843. The Kier molecular flexibility index (Phi) is 5.86. The first-order chi connectivity index (χ1) is 12.9. The second-order valence-electron chi connectivity index (χ2n) is 6.48. The van der Waals surface area contributed by atoms with Crippen molar-refractivity contribution >= 4 is 21.4 Å². The van der Waals surface area contributed by atoms with Gasteiger partial charge in [-0.3, -0.25) is 0 Å². The van der Waals surface area contributed by atoms with Gasteiger partial charge in [0.05, 0.1) is 17.1 Å². The lowest BCUT2D eigenvalue weighted by Crippen LogP contribution is -2.33. The predicted octanol–water partition coefficient (Wildman–Crippen LogP) is 5.50. The fourth-order valence-electron chi connectivity index (χ4n) is 3.41. The molecule has 1 aliphatic rings. The lowest BCUT2D eigenvalue weighted by molar-refractivity contribution is 0.193. The standard InChI is InChI=1S/C20H19ClF2O3S/c1-2-3-4-5-13-12-26-19-17(23)11-10-16(22)18(19)20(13)27(24,25)15-8-6-14(21)7-9-15/h2,6-11,13,20H,1,3-5,12H2/t13-,20+/m0/s1. The van der Waals surface area contributed by atoms with Crippen molar-refractivity contribution in [1.29, 1.82) is 0 Å². The van der Waals surface area contributed by atoms with Crippen molar-refractivity contribution in [2.24, 2.45) is 5.92 Å². The van der Waals surface area contributed by atoms with Gasteiger partial charge in [0.15, 0.2) is 21.4 Å². The third-order valence-electron chi connectivity index (χ3n) is 4.71. The number of hydrogen-bond donors (Lipinski definition) is 0. The Morgan fingerprint density at radius 1 is 1.15 bits per heavy atom. The molecular formula is C20H19ClF2O3S. The molecule has 0 N–H and O–H groups in total. The molecule has 3 nitrogen and oxygen atoms in total. The SMILES string of the molecule is C=CCCC[C@H]1COc2c(F)ccc(F)c2[C@@H]1S(=O)(=O)c1ccc(Cl)cc1. The molecule has 0 radical (unpaired) electrons. The summed E-state index contributed by atoms with van der Waals surface area (Å²) in [5.41, 5.74) is -0.236. The van der Waals surface area contributed by atoms with E-state index in [1.165, 1.54) is 24.3 Å². The average Bonchev–Trinajstić information content (AvgIpc) is 2.65. The number of sulfone groups is 1. The molecule has 0 saturated carbocycles. The van der Waals surface area contributed by atoms with Gasteiger partial charge in [-0.2, -0.15) is 0 Å². The molecule has 144 valence electrons. The summed E-state index contributed by atoms with van der Waals surface area (Å²) in [7, 11) is -3.99. The van der Waals surface area contributed by atoms with Crippen LogP contribution in [0.4, 0.5) is 8.78 Å². The lowest BCUT2D eigenvalue weighted by Gasteiger charge is -2.33. The first-order valence-corrected chi connectivity index (χ1v) is 10.5. The zero-order chi connectivity index (χ0) is 19.6. The number of hydrogen-bond acceptors (Lipinski definition) is 3. The fourth-order valence-corrected chi connectivity index (χ4v) is 5.60. The average molecular weight is 413 g/mol. The minimum absolute atomic E-state index is 0.00199. The van der Waals surface area contributed by atoms with Crippen molar-refractivity contribution in [3.63, 3.8) is 0 Å². The number of ether oxygens (including phenoxy) is 1. The molecule has 0 fully saturated rings. The summed E-state index contributed by atoms with van der Waals surface area (Å²) in [5.74, 6) is -2.39. The van der Waals surface area contributed by atoms with Gasteiger partial charge in [0, 0.05) is 10.9 Å². The predicted molar refractivity (Wildman–Crippen MR) is 101 cm³/mol. The molecule has 3 rings (SSSR count). The monoisotopic (exact) mass is 412 g/mol. The van der Waals surface area contributed by atoms with Gasteiger partial charge in [0.25, 0.3) is 0 Å². The Balaban J connectivity index is 2.13. The van der Waals surface area contributed by atoms with Gasteiger partial charge in [-0.25, -0.2) is 17.2 Å². The van der Waals surface area contributed by atoms with Crippen molar-refractivity contribution in [3.05, 3.63) is 71.3 Å². The van der Waals surface area contributed by atoms with Crippen LogP contribution < -0.4 is 4.74 Å². The third-order valence-corrected chi connectivity index (χ3v) is 7.18. The highest BCUT2D eigenvalue weighted by Crippen LogP contribution is 2.47. The molecule has 0 unspecified atom stereocenters. The molecule has 0 aliphatic carbocycles. The Bertz CT molecular complexity index is 942. The van der Waals surface area contributed by atoms with E-state index in [9.17, 15) is 17.2 Å². The van der Waals surface area contributed by atoms with Gasteiger partial charge in [0.2, 0.25) is 0 Å². The van der Waals surface area contributed by atoms with E-state index in [0.29, 0.717) is 24.3 Å². The van der Waals surface area contributed by atoms with E-state index in [1.54, 1.807) is 6.08 Å². The molecule has 0 saturated heterocycles. The molecule has 0 spiro atoms. The van der Waals surface area contributed by atoms with Crippen LogP contribution in [-0.2, 0) is 9.84 Å². The highest BCUT2D eigenvalue weighted by atomic mass is 35.5. The summed E-state index contributed by atoms with van der Waals surface area (Å²) in [6, 6.07) is 7.56. The van der Waals surface area contributed by atoms with E-state index in [0.717, 1.165) is 12.1 Å². The molecule has 7 heteroatoms. The van der Waals surface area contributed by atoms with E-state index < -0.39 is 32.6 Å². The molecular weight excluding hydrogens is 394 g/mol. The molecule has 0 aromatic heterocycles. The number of unbranched alkanes of at least 4 members (excludes halogenated alkanes) is 1. The van der Waals surface area contributed by atoms with E-state index in [-0.39, 0.29) is 22.8 Å². The maximum absolute atomic E-state index is 14.6. The normalized spacial score (nSPS) is 19.2. The quantitative estimate of drug-likeness (QED) is 0.465. The summed E-state index contributed by atoms with van der Waals surface area (Å²) >= 11 is 5.85. The summed E-state index contributed by atoms with van der Waals surface area (Å²) in [4.78, 5) is 0.0159. The Hall–Kier alpha value is -1.92. The minimum Gasteiger partial charge on any atom is -0.490 e. The van der Waals surface area contributed by atoms with Crippen molar-refractivity contribution in [3.8, 4) is 5.75 Å². The maximum Gasteiger partial charge on any atom is 0.186 e. The van der Waals surface area contributed by atoms with Crippen LogP contribution in [0.3, 0.4) is 0 Å². The van der Waals surface area contributed by atoms with Crippen molar-refractivity contribution in [2.45, 2.75) is 29.4 Å². The number of allylic oxidation sites excluding steroid dienone is 1. The first-order valence-electron chi connectivity index (χ1n) is 8.57. The number of benzene rings is 2. The maximum atomic E-state index is 14.6. The summed E-state index contributed by atoms with van der Waals surface area (Å²) in [6.45, 7) is 3.66. The first kappa shape index (κ1) is 19.8. The van der Waals surface area contributed by atoms with E-state index in [1.807, 2.05) is 0 Å². The fraction of sp³-hybridized carbons (Fsp3) is 0.300. The number of fused-ring (bicyclic) bond motifs is 1. The van der Waals surface area contributed by atoms with E-state index in [2.05, 4.69) is 6.58 Å². The Morgan fingerprint density at radius 3 is 2.48 bits per heavy atom. The van der Waals surface area contributed by atoms with Gasteiger partial charge < -0.3 is 4.74 Å². The zero-order valence-corrected chi connectivity index (χ0v) is 16.1. The summed E-state index contributed by atoms with van der Waals surface area (Å²) < 4.78 is 61.0. The second-order valence-corrected chi connectivity index (χ2v) is 8.99. The molecule has 2 aromatic rings. The van der Waals surface area contributed by atoms with Crippen LogP contribution in [0, 0.1) is 17.6 Å². The molecule has 0 amide bonds. The topological polar surface area (TPSA) is 43.4 Å². The summed E-state index contributed by atoms with van der Waals surface area (Å²) in [6.07, 6.45) is 3.60. The van der Waals surface area contributed by atoms with Gasteiger partial charge >= 0.3 is 0 Å². The molecule has 27 heavy (non-hydrogen) atoms. The zero-order valence-electron chi connectivity index (χ0n) is 14.5. The number of rotatable bonds is 6. The van der Waals surface area contributed by atoms with Crippen LogP contribution in [0.5, 0.6) is 5.75 Å². The van der Waals surface area contributed by atoms with Crippen LogP contribution in [-0.4, -0.2) is 15.0 Å². The van der Waals surface area contributed by atoms with Crippen molar-refractivity contribution in [2.75, 3.05) is 6.61 Å². The van der Waals surface area contributed by atoms with E-state index >= 15 is 0 Å². The largest absolute Gasteiger partial charge is 0.490 e. The van der Waals surface area contributed by atoms with Crippen LogP contribution in [0.1, 0.15) is 30.1 Å². The van der Waals surface area contributed by atoms with Crippen LogP contribution in [0.15, 0.2) is 53.9 Å². The Morgan fingerprint density at radius 2 is 1.81 bits per heavy atom. The van der Waals surface area contributed by atoms with Gasteiger partial charge in [-0.05, 0) is 55.7 Å². The van der Waals surface area contributed by atoms with Crippen molar-refractivity contribution in [1.82, 2.24) is 0 Å². The molecule has 0 bridgehead atoms. The van der Waals surface area contributed by atoms with Gasteiger partial charge in [0.1, 0.15) is 11.1 Å². The highest BCUT2D eigenvalue weighted by molar-refractivity contribution is 7.91. The lowest BCUT2D eigenvalue weighted by atomic mass is 9.91. The molecule has 1 aliphatic heterocycles. The van der Waals surface area contributed by atoms with Gasteiger partial charge in [-0.1, -0.05) is 17.7 Å². The van der Waals surface area contributed by atoms with Gasteiger partial charge in [-0.15, -0.1) is 6.58 Å². The van der Waals surface area contributed by atoms with Crippen LogP contribution >= 0.6 is 11.6 Å². The Labute approximate surface area is 162 Å². The van der Waals surface area contributed by atoms with Crippen LogP contribution in [0.25, 0.3) is 0 Å². The highest BCUT2D eigenvalue weighted by Gasteiger charge is 2.43. The number of halogens is 3. The second kappa shape index (κ2) is 7.98. The minimum atomic E-state index is -3.99. The molecule has 2 atom stereocenters. The smallest absolute Gasteiger partial charge is 0.186 e. The van der Waals surface area contributed by atoms with E-state index in [4.69, 9.17) is 16.3 Å². The third kappa shape index (κ3) is 3.87. The van der Waals surface area contributed by atoms with Crippen molar-refractivity contribution < 1.29 is 21.9 Å².